The van der Waals surface area contributed by atoms with Crippen molar-refractivity contribution in [2.24, 2.45) is 0 Å². The second-order valence-corrected chi connectivity index (χ2v) is 7.15. The lowest BCUT2D eigenvalue weighted by Crippen LogP contribution is -2.41. The molecule has 0 fully saturated rings. The van der Waals surface area contributed by atoms with Crippen molar-refractivity contribution in [1.29, 1.82) is 0 Å². The number of rotatable bonds is 7. The summed E-state index contributed by atoms with van der Waals surface area (Å²) in [7, 11) is 2.98. The number of amides is 2. The average molecular weight is 427 g/mol. The van der Waals surface area contributed by atoms with Crippen molar-refractivity contribution in [2.45, 2.75) is 13.5 Å². The molecule has 0 aliphatic heterocycles. The summed E-state index contributed by atoms with van der Waals surface area (Å²) in [4.78, 5) is 28.8. The van der Waals surface area contributed by atoms with Crippen LogP contribution in [0.15, 0.2) is 47.8 Å². The van der Waals surface area contributed by atoms with Gasteiger partial charge in [-0.25, -0.2) is 4.98 Å². The van der Waals surface area contributed by atoms with Crippen LogP contribution in [0.5, 0.6) is 17.2 Å². The lowest BCUT2D eigenvalue weighted by Gasteiger charge is -2.10. The minimum absolute atomic E-state index is 0.190. The third-order valence-corrected chi connectivity index (χ3v) is 4.93. The lowest BCUT2D eigenvalue weighted by atomic mass is 10.2. The van der Waals surface area contributed by atoms with Crippen molar-refractivity contribution in [3.05, 3.63) is 69.7 Å². The summed E-state index contributed by atoms with van der Waals surface area (Å²) in [5.41, 5.74) is 6.34. The maximum atomic E-state index is 12.3. The van der Waals surface area contributed by atoms with Gasteiger partial charge in [-0.2, -0.15) is 0 Å². The number of benzene rings is 2. The number of aromatic nitrogens is 1. The molecule has 0 saturated carbocycles. The fraction of sp³-hybridized carbons (Fsp3) is 0.190. The number of nitrogens with zero attached hydrogens (tertiary/aromatic N) is 1. The quantitative estimate of drug-likeness (QED) is 0.562. The van der Waals surface area contributed by atoms with Crippen LogP contribution in [0.2, 0.25) is 0 Å². The fourth-order valence-electron chi connectivity index (χ4n) is 2.49. The highest BCUT2D eigenvalue weighted by Gasteiger charge is 2.14. The van der Waals surface area contributed by atoms with Gasteiger partial charge < -0.3 is 14.2 Å². The molecule has 0 spiro atoms. The molecule has 0 unspecified atom stereocenters. The third-order valence-electron chi connectivity index (χ3n) is 4.10. The van der Waals surface area contributed by atoms with Gasteiger partial charge >= 0.3 is 0 Å². The van der Waals surface area contributed by atoms with Gasteiger partial charge in [-0.1, -0.05) is 17.7 Å². The first-order valence-corrected chi connectivity index (χ1v) is 9.84. The van der Waals surface area contributed by atoms with Crippen LogP contribution in [0.1, 0.15) is 31.4 Å². The highest BCUT2D eigenvalue weighted by molar-refractivity contribution is 7.09. The summed E-state index contributed by atoms with van der Waals surface area (Å²) < 4.78 is 16.0. The molecule has 2 N–H and O–H groups in total. The Hall–Kier alpha value is -3.59. The summed E-state index contributed by atoms with van der Waals surface area (Å²) in [6.07, 6.45) is 0. The Labute approximate surface area is 177 Å². The van der Waals surface area contributed by atoms with E-state index in [4.69, 9.17) is 14.2 Å². The standard InChI is InChI=1S/C21H21N3O5S/c1-13-4-7-15(8-5-13)29-11-19-22-16(12-30-19)21(26)24-23-20(25)14-6-9-17(27-2)18(10-14)28-3/h4-10,12H,11H2,1-3H3,(H,23,25)(H,24,26). The largest absolute Gasteiger partial charge is 0.493 e. The molecule has 1 heterocycles. The molecular weight excluding hydrogens is 406 g/mol. The summed E-state index contributed by atoms with van der Waals surface area (Å²) in [6, 6.07) is 12.3. The van der Waals surface area contributed by atoms with Gasteiger partial charge in [-0.05, 0) is 37.3 Å². The van der Waals surface area contributed by atoms with Crippen molar-refractivity contribution in [3.8, 4) is 17.2 Å². The Bertz CT molecular complexity index is 1030. The van der Waals surface area contributed by atoms with E-state index < -0.39 is 11.8 Å². The number of thiazole rings is 1. The maximum absolute atomic E-state index is 12.3. The zero-order valence-electron chi connectivity index (χ0n) is 16.7. The van der Waals surface area contributed by atoms with Crippen LogP contribution in [-0.4, -0.2) is 31.0 Å². The SMILES string of the molecule is COc1ccc(C(=O)NNC(=O)c2csc(COc3ccc(C)cc3)n2)cc1OC. The Balaban J connectivity index is 1.53. The monoisotopic (exact) mass is 427 g/mol. The van der Waals surface area contributed by atoms with Crippen molar-refractivity contribution >= 4 is 23.2 Å². The molecule has 0 radical (unpaired) electrons. The first-order chi connectivity index (χ1) is 14.5. The zero-order chi connectivity index (χ0) is 21.5. The van der Waals surface area contributed by atoms with Gasteiger partial charge in [-0.3, -0.25) is 20.4 Å². The van der Waals surface area contributed by atoms with Crippen molar-refractivity contribution < 1.29 is 23.8 Å². The highest BCUT2D eigenvalue weighted by Crippen LogP contribution is 2.27. The van der Waals surface area contributed by atoms with Gasteiger partial charge in [0, 0.05) is 10.9 Å². The van der Waals surface area contributed by atoms with E-state index in [0.717, 1.165) is 11.3 Å². The van der Waals surface area contributed by atoms with E-state index in [2.05, 4.69) is 15.8 Å². The van der Waals surface area contributed by atoms with Crippen LogP contribution < -0.4 is 25.1 Å². The summed E-state index contributed by atoms with van der Waals surface area (Å²) in [5, 5.41) is 2.25. The Morgan fingerprint density at radius 1 is 0.967 bits per heavy atom. The molecule has 0 aliphatic carbocycles. The molecule has 0 saturated heterocycles. The summed E-state index contributed by atoms with van der Waals surface area (Å²) in [5.74, 6) is 0.614. The fourth-order valence-corrected chi connectivity index (χ4v) is 3.17. The van der Waals surface area contributed by atoms with E-state index in [1.165, 1.54) is 31.6 Å². The number of carbonyl (C=O) groups excluding carboxylic acids is 2. The maximum Gasteiger partial charge on any atom is 0.289 e. The zero-order valence-corrected chi connectivity index (χ0v) is 17.5. The van der Waals surface area contributed by atoms with E-state index in [9.17, 15) is 9.59 Å². The number of hydrazine groups is 1. The Kier molecular flexibility index (Phi) is 6.87. The predicted octanol–water partition coefficient (Wildman–Crippen LogP) is 3.12. The number of methoxy groups -OCH3 is 2. The molecule has 30 heavy (non-hydrogen) atoms. The summed E-state index contributed by atoms with van der Waals surface area (Å²) in [6.45, 7) is 2.25. The van der Waals surface area contributed by atoms with Crippen LogP contribution in [0.4, 0.5) is 0 Å². The Morgan fingerprint density at radius 3 is 2.37 bits per heavy atom. The molecule has 2 amide bonds. The molecule has 0 atom stereocenters. The molecule has 0 bridgehead atoms. The second-order valence-electron chi connectivity index (χ2n) is 6.21. The van der Waals surface area contributed by atoms with Gasteiger partial charge in [0.25, 0.3) is 11.8 Å². The molecule has 1 aromatic heterocycles. The average Bonchev–Trinajstić information content (AvgIpc) is 3.25. The van der Waals surface area contributed by atoms with E-state index >= 15 is 0 Å². The smallest absolute Gasteiger partial charge is 0.289 e. The van der Waals surface area contributed by atoms with Crippen LogP contribution in [-0.2, 0) is 6.61 Å². The van der Waals surface area contributed by atoms with Gasteiger partial charge in [0.15, 0.2) is 11.5 Å². The third kappa shape index (κ3) is 5.26. The number of ether oxygens (including phenoxy) is 3. The van der Waals surface area contributed by atoms with Crippen LogP contribution in [0.25, 0.3) is 0 Å². The minimum Gasteiger partial charge on any atom is -0.493 e. The molecule has 3 aromatic rings. The van der Waals surface area contributed by atoms with Crippen LogP contribution in [0.3, 0.4) is 0 Å². The number of hydrogen-bond donors (Lipinski definition) is 2. The molecule has 8 nitrogen and oxygen atoms in total. The predicted molar refractivity (Wildman–Crippen MR) is 112 cm³/mol. The van der Waals surface area contributed by atoms with Gasteiger partial charge in [-0.15, -0.1) is 11.3 Å². The van der Waals surface area contributed by atoms with Gasteiger partial charge in [0.2, 0.25) is 0 Å². The molecule has 156 valence electrons. The second kappa shape index (κ2) is 9.75. The number of nitrogens with one attached hydrogen (secondary N) is 2. The number of aryl methyl sites for hydroxylation is 1. The van der Waals surface area contributed by atoms with Crippen LogP contribution >= 0.6 is 11.3 Å². The highest BCUT2D eigenvalue weighted by atomic mass is 32.1. The number of carbonyl (C=O) groups is 2. The topological polar surface area (TPSA) is 98.8 Å². The van der Waals surface area contributed by atoms with Crippen molar-refractivity contribution in [1.82, 2.24) is 15.8 Å². The lowest BCUT2D eigenvalue weighted by molar-refractivity contribution is 0.0844. The van der Waals surface area contributed by atoms with E-state index in [-0.39, 0.29) is 12.3 Å². The molecule has 0 aliphatic rings. The Morgan fingerprint density at radius 2 is 1.67 bits per heavy atom. The molecular formula is C21H21N3O5S. The normalized spacial score (nSPS) is 10.2. The van der Waals surface area contributed by atoms with Gasteiger partial charge in [0.05, 0.1) is 14.2 Å². The number of hydrogen-bond acceptors (Lipinski definition) is 7. The van der Waals surface area contributed by atoms with E-state index in [1.54, 1.807) is 17.5 Å². The van der Waals surface area contributed by atoms with Gasteiger partial charge in [0.1, 0.15) is 23.1 Å². The molecule has 9 heteroatoms. The van der Waals surface area contributed by atoms with Crippen molar-refractivity contribution in [2.75, 3.05) is 14.2 Å². The van der Waals surface area contributed by atoms with E-state index in [0.29, 0.717) is 22.1 Å². The first kappa shape index (κ1) is 21.1. The first-order valence-electron chi connectivity index (χ1n) is 8.96. The van der Waals surface area contributed by atoms with Crippen LogP contribution in [0, 0.1) is 6.92 Å². The summed E-state index contributed by atoms with van der Waals surface area (Å²) >= 11 is 1.30. The van der Waals surface area contributed by atoms with Crippen molar-refractivity contribution in [3.63, 3.8) is 0 Å². The molecule has 3 rings (SSSR count). The van der Waals surface area contributed by atoms with E-state index in [1.807, 2.05) is 31.2 Å². The molecule has 2 aromatic carbocycles. The minimum atomic E-state index is -0.526.